The lowest BCUT2D eigenvalue weighted by atomic mass is 10.00. The van der Waals surface area contributed by atoms with Gasteiger partial charge in [-0.05, 0) is 19.9 Å². The quantitative estimate of drug-likeness (QED) is 0.888. The van der Waals surface area contributed by atoms with E-state index in [0.29, 0.717) is 6.04 Å². The van der Waals surface area contributed by atoms with Gasteiger partial charge in [0, 0.05) is 35.8 Å². The normalized spacial score (nSPS) is 17.9. The van der Waals surface area contributed by atoms with E-state index in [9.17, 15) is 0 Å². The number of nitrogens with zero attached hydrogens (tertiary/aromatic N) is 1. The van der Waals surface area contributed by atoms with Crippen LogP contribution >= 0.6 is 0 Å². The molecular formula is C15H19N3O. The SMILES string of the molecule is Cc1n[nH]c(C)c1CNC1CCOc2ccccc21. The predicted octanol–water partition coefficient (Wildman–Crippen LogP) is 2.64. The summed E-state index contributed by atoms with van der Waals surface area (Å²) in [4.78, 5) is 0. The lowest BCUT2D eigenvalue weighted by Crippen LogP contribution is -2.27. The Bertz CT molecular complexity index is 557. The van der Waals surface area contributed by atoms with Gasteiger partial charge in [-0.2, -0.15) is 5.10 Å². The van der Waals surface area contributed by atoms with E-state index < -0.39 is 0 Å². The number of nitrogens with one attached hydrogen (secondary N) is 2. The average Bonchev–Trinajstić information content (AvgIpc) is 2.76. The number of ether oxygens (including phenoxy) is 1. The lowest BCUT2D eigenvalue weighted by molar-refractivity contribution is 0.252. The number of H-pyrrole nitrogens is 1. The number of para-hydroxylation sites is 1. The number of benzene rings is 1. The van der Waals surface area contributed by atoms with Crippen LogP contribution in [0.3, 0.4) is 0 Å². The van der Waals surface area contributed by atoms with Crippen molar-refractivity contribution >= 4 is 0 Å². The molecule has 0 saturated carbocycles. The van der Waals surface area contributed by atoms with Gasteiger partial charge in [0.25, 0.3) is 0 Å². The third-order valence-electron chi connectivity index (χ3n) is 3.76. The van der Waals surface area contributed by atoms with Gasteiger partial charge in [-0.15, -0.1) is 0 Å². The van der Waals surface area contributed by atoms with Crippen LogP contribution in [0.15, 0.2) is 24.3 Å². The minimum Gasteiger partial charge on any atom is -0.493 e. The zero-order valence-corrected chi connectivity index (χ0v) is 11.4. The number of hydrogen-bond acceptors (Lipinski definition) is 3. The highest BCUT2D eigenvalue weighted by atomic mass is 16.5. The summed E-state index contributed by atoms with van der Waals surface area (Å²) in [5.41, 5.74) is 4.74. The second-order valence-electron chi connectivity index (χ2n) is 5.02. The van der Waals surface area contributed by atoms with Crippen molar-refractivity contribution in [2.24, 2.45) is 0 Å². The predicted molar refractivity (Wildman–Crippen MR) is 74.2 cm³/mol. The minimum absolute atomic E-state index is 0.360. The minimum atomic E-state index is 0.360. The third-order valence-corrected chi connectivity index (χ3v) is 3.76. The molecular weight excluding hydrogens is 238 g/mol. The summed E-state index contributed by atoms with van der Waals surface area (Å²) in [5, 5.41) is 10.9. The highest BCUT2D eigenvalue weighted by Gasteiger charge is 2.20. The van der Waals surface area contributed by atoms with Crippen LogP contribution in [0.4, 0.5) is 0 Å². The van der Waals surface area contributed by atoms with Gasteiger partial charge in [0.15, 0.2) is 0 Å². The largest absolute Gasteiger partial charge is 0.493 e. The molecule has 19 heavy (non-hydrogen) atoms. The van der Waals surface area contributed by atoms with E-state index in [1.807, 2.05) is 19.1 Å². The summed E-state index contributed by atoms with van der Waals surface area (Å²) in [5.74, 6) is 1.01. The Labute approximate surface area is 113 Å². The van der Waals surface area contributed by atoms with Crippen molar-refractivity contribution in [1.29, 1.82) is 0 Å². The molecule has 0 saturated heterocycles. The van der Waals surface area contributed by atoms with E-state index in [2.05, 4.69) is 34.6 Å². The van der Waals surface area contributed by atoms with Crippen LogP contribution in [-0.4, -0.2) is 16.8 Å². The zero-order chi connectivity index (χ0) is 13.2. The summed E-state index contributed by atoms with van der Waals surface area (Å²) in [6.07, 6.45) is 1.01. The first-order valence-corrected chi connectivity index (χ1v) is 6.71. The average molecular weight is 257 g/mol. The number of rotatable bonds is 3. The molecule has 4 nitrogen and oxygen atoms in total. The van der Waals surface area contributed by atoms with Gasteiger partial charge in [0.2, 0.25) is 0 Å². The zero-order valence-electron chi connectivity index (χ0n) is 11.4. The van der Waals surface area contributed by atoms with Crippen LogP contribution in [0.1, 0.15) is 35.0 Å². The van der Waals surface area contributed by atoms with Crippen LogP contribution in [0.5, 0.6) is 5.75 Å². The van der Waals surface area contributed by atoms with E-state index in [0.717, 1.165) is 36.7 Å². The monoisotopic (exact) mass is 257 g/mol. The number of hydrogen-bond donors (Lipinski definition) is 2. The fraction of sp³-hybridized carbons (Fsp3) is 0.400. The Balaban J connectivity index is 1.75. The molecule has 0 spiro atoms. The van der Waals surface area contributed by atoms with E-state index in [4.69, 9.17) is 4.74 Å². The van der Waals surface area contributed by atoms with Crippen molar-refractivity contribution < 1.29 is 4.74 Å². The number of fused-ring (bicyclic) bond motifs is 1. The van der Waals surface area contributed by atoms with Crippen LogP contribution < -0.4 is 10.1 Å². The highest BCUT2D eigenvalue weighted by Crippen LogP contribution is 2.31. The topological polar surface area (TPSA) is 49.9 Å². The molecule has 0 aliphatic carbocycles. The molecule has 1 aliphatic heterocycles. The second kappa shape index (κ2) is 5.05. The van der Waals surface area contributed by atoms with Crippen LogP contribution in [0.2, 0.25) is 0 Å². The summed E-state index contributed by atoms with van der Waals surface area (Å²) >= 11 is 0. The molecule has 1 unspecified atom stereocenters. The number of aromatic amines is 1. The van der Waals surface area contributed by atoms with Crippen molar-refractivity contribution in [3.05, 3.63) is 46.8 Å². The summed E-state index contributed by atoms with van der Waals surface area (Å²) in [6, 6.07) is 8.62. The highest BCUT2D eigenvalue weighted by molar-refractivity contribution is 5.37. The van der Waals surface area contributed by atoms with Crippen LogP contribution in [-0.2, 0) is 6.54 Å². The fourth-order valence-electron chi connectivity index (χ4n) is 2.61. The molecule has 1 aliphatic rings. The molecule has 2 aromatic rings. The van der Waals surface area contributed by atoms with Gasteiger partial charge in [-0.3, -0.25) is 5.10 Å². The summed E-state index contributed by atoms with van der Waals surface area (Å²) < 4.78 is 5.68. The third kappa shape index (κ3) is 2.36. The van der Waals surface area contributed by atoms with Gasteiger partial charge in [0.05, 0.1) is 12.3 Å². The van der Waals surface area contributed by atoms with Crippen LogP contribution in [0.25, 0.3) is 0 Å². The van der Waals surface area contributed by atoms with E-state index in [-0.39, 0.29) is 0 Å². The molecule has 2 N–H and O–H groups in total. The molecule has 4 heteroatoms. The molecule has 0 bridgehead atoms. The standard InChI is InChI=1S/C15H19N3O/c1-10-13(11(2)18-17-10)9-16-14-7-8-19-15-6-4-3-5-12(14)15/h3-6,14,16H,7-9H2,1-2H3,(H,17,18). The van der Waals surface area contributed by atoms with E-state index in [1.54, 1.807) is 0 Å². The molecule has 2 heterocycles. The molecule has 3 rings (SSSR count). The maximum Gasteiger partial charge on any atom is 0.124 e. The first kappa shape index (κ1) is 12.2. The molecule has 1 aromatic carbocycles. The summed E-state index contributed by atoms with van der Waals surface area (Å²) in [6.45, 7) is 5.72. The smallest absolute Gasteiger partial charge is 0.124 e. The van der Waals surface area contributed by atoms with E-state index in [1.165, 1.54) is 11.1 Å². The van der Waals surface area contributed by atoms with Crippen molar-refractivity contribution in [2.75, 3.05) is 6.61 Å². The Morgan fingerprint density at radius 1 is 1.37 bits per heavy atom. The van der Waals surface area contributed by atoms with Crippen molar-refractivity contribution in [2.45, 2.75) is 32.9 Å². The van der Waals surface area contributed by atoms with Gasteiger partial charge >= 0.3 is 0 Å². The second-order valence-corrected chi connectivity index (χ2v) is 5.02. The van der Waals surface area contributed by atoms with Gasteiger partial charge in [-0.1, -0.05) is 18.2 Å². The maximum absolute atomic E-state index is 5.68. The van der Waals surface area contributed by atoms with Crippen molar-refractivity contribution in [3.63, 3.8) is 0 Å². The molecule has 1 aromatic heterocycles. The van der Waals surface area contributed by atoms with Gasteiger partial charge in [0.1, 0.15) is 5.75 Å². The van der Waals surface area contributed by atoms with Gasteiger partial charge < -0.3 is 10.1 Å². The molecule has 100 valence electrons. The van der Waals surface area contributed by atoms with Gasteiger partial charge in [-0.25, -0.2) is 0 Å². The first-order valence-electron chi connectivity index (χ1n) is 6.71. The van der Waals surface area contributed by atoms with Crippen molar-refractivity contribution in [3.8, 4) is 5.75 Å². The van der Waals surface area contributed by atoms with E-state index >= 15 is 0 Å². The Morgan fingerprint density at radius 3 is 3.00 bits per heavy atom. The Kier molecular flexibility index (Phi) is 3.25. The maximum atomic E-state index is 5.68. The Hall–Kier alpha value is -1.81. The fourth-order valence-corrected chi connectivity index (χ4v) is 2.61. The summed E-state index contributed by atoms with van der Waals surface area (Å²) in [7, 11) is 0. The first-order chi connectivity index (χ1) is 9.25. The number of aryl methyl sites for hydroxylation is 2. The molecule has 0 radical (unpaired) electrons. The lowest BCUT2D eigenvalue weighted by Gasteiger charge is -2.26. The van der Waals surface area contributed by atoms with Crippen molar-refractivity contribution in [1.82, 2.24) is 15.5 Å². The molecule has 0 amide bonds. The molecule has 1 atom stereocenters. The van der Waals surface area contributed by atoms with Crippen LogP contribution in [0, 0.1) is 13.8 Å². The number of aromatic nitrogens is 2. The Morgan fingerprint density at radius 2 is 2.21 bits per heavy atom. The molecule has 0 fully saturated rings.